The molecule has 0 radical (unpaired) electrons. The van der Waals surface area contributed by atoms with Gasteiger partial charge in [-0.2, -0.15) is 13.2 Å². The molecule has 4 nitrogen and oxygen atoms in total. The highest BCUT2D eigenvalue weighted by atomic mass is 19.4. The van der Waals surface area contributed by atoms with Gasteiger partial charge in [-0.05, 0) is 17.7 Å². The van der Waals surface area contributed by atoms with Gasteiger partial charge >= 0.3 is 6.18 Å². The van der Waals surface area contributed by atoms with Gasteiger partial charge in [0.1, 0.15) is 5.82 Å². The largest absolute Gasteiger partial charge is 0.419 e. The van der Waals surface area contributed by atoms with E-state index in [1.165, 1.54) is 12.3 Å². The van der Waals surface area contributed by atoms with Crippen LogP contribution in [0.4, 0.5) is 17.6 Å². The number of hydrogen-bond donors (Lipinski definition) is 1. The summed E-state index contributed by atoms with van der Waals surface area (Å²) in [5.74, 6) is -1.26. The number of hydrogen-bond acceptors (Lipinski definition) is 3. The van der Waals surface area contributed by atoms with Gasteiger partial charge in [-0.25, -0.2) is 4.39 Å². The minimum Gasteiger partial charge on any atom is -0.311 e. The van der Waals surface area contributed by atoms with E-state index in [9.17, 15) is 17.6 Å². The van der Waals surface area contributed by atoms with Gasteiger partial charge in [0.25, 0.3) is 0 Å². The first-order valence-electron chi connectivity index (χ1n) is 5.87. The molecule has 0 aliphatic carbocycles. The second-order valence-corrected chi connectivity index (χ2v) is 4.15. The van der Waals surface area contributed by atoms with Crippen LogP contribution in [-0.4, -0.2) is 21.5 Å². The van der Waals surface area contributed by atoms with Crippen LogP contribution >= 0.6 is 0 Å². The third-order valence-corrected chi connectivity index (χ3v) is 2.65. The molecule has 0 unspecified atom stereocenters. The molecule has 1 aromatic carbocycles. The Kier molecular flexibility index (Phi) is 4.33. The number of benzene rings is 1. The molecular weight excluding hydrogens is 276 g/mol. The van der Waals surface area contributed by atoms with Gasteiger partial charge in [0.05, 0.1) is 18.3 Å². The van der Waals surface area contributed by atoms with Crippen LogP contribution in [0.25, 0.3) is 0 Å². The molecule has 2 rings (SSSR count). The first-order valence-corrected chi connectivity index (χ1v) is 5.87. The molecule has 0 aliphatic rings. The summed E-state index contributed by atoms with van der Waals surface area (Å²) in [4.78, 5) is 0. The van der Waals surface area contributed by atoms with Gasteiger partial charge < -0.3 is 5.32 Å². The van der Waals surface area contributed by atoms with Crippen molar-refractivity contribution in [1.82, 2.24) is 20.3 Å². The van der Waals surface area contributed by atoms with Crippen LogP contribution in [0.15, 0.2) is 30.6 Å². The summed E-state index contributed by atoms with van der Waals surface area (Å²) >= 11 is 0. The lowest BCUT2D eigenvalue weighted by Crippen LogP contribution is -2.20. The van der Waals surface area contributed by atoms with E-state index < -0.39 is 17.6 Å². The molecule has 0 fully saturated rings. The Bertz CT molecular complexity index is 551. The van der Waals surface area contributed by atoms with Crippen molar-refractivity contribution in [3.8, 4) is 0 Å². The lowest BCUT2D eigenvalue weighted by molar-refractivity contribution is -0.140. The zero-order chi connectivity index (χ0) is 14.6. The van der Waals surface area contributed by atoms with Crippen LogP contribution in [0.5, 0.6) is 0 Å². The zero-order valence-electron chi connectivity index (χ0n) is 10.4. The van der Waals surface area contributed by atoms with Crippen LogP contribution in [-0.2, 0) is 19.3 Å². The van der Waals surface area contributed by atoms with Crippen molar-refractivity contribution >= 4 is 0 Å². The van der Waals surface area contributed by atoms with Gasteiger partial charge in [-0.15, -0.1) is 5.10 Å². The number of rotatable bonds is 5. The van der Waals surface area contributed by atoms with Crippen LogP contribution in [0.1, 0.15) is 11.1 Å². The van der Waals surface area contributed by atoms with E-state index in [1.54, 1.807) is 10.9 Å². The minimum atomic E-state index is -4.68. The van der Waals surface area contributed by atoms with E-state index in [2.05, 4.69) is 15.6 Å². The summed E-state index contributed by atoms with van der Waals surface area (Å²) < 4.78 is 52.2. The van der Waals surface area contributed by atoms with E-state index in [1.807, 2.05) is 0 Å². The van der Waals surface area contributed by atoms with Crippen molar-refractivity contribution in [3.05, 3.63) is 47.5 Å². The van der Waals surface area contributed by atoms with E-state index in [0.717, 1.165) is 12.1 Å². The SMILES string of the molecule is Fc1ccc(CNCCn2ccnn2)cc1C(F)(F)F. The summed E-state index contributed by atoms with van der Waals surface area (Å²) in [6.45, 7) is 1.29. The van der Waals surface area contributed by atoms with E-state index in [0.29, 0.717) is 18.7 Å². The van der Waals surface area contributed by atoms with Gasteiger partial charge in [0, 0.05) is 19.3 Å². The molecule has 2 aromatic rings. The summed E-state index contributed by atoms with van der Waals surface area (Å²) in [7, 11) is 0. The third kappa shape index (κ3) is 3.77. The standard InChI is InChI=1S/C12H12F4N4/c13-11-2-1-9(7-10(11)12(14,15)16)8-17-3-5-20-6-4-18-19-20/h1-2,4,6-7,17H,3,5,8H2. The van der Waals surface area contributed by atoms with Crippen molar-refractivity contribution in [2.45, 2.75) is 19.3 Å². The molecule has 1 heterocycles. The molecule has 0 bridgehead atoms. The topological polar surface area (TPSA) is 42.7 Å². The van der Waals surface area contributed by atoms with Gasteiger partial charge in [-0.1, -0.05) is 11.3 Å². The third-order valence-electron chi connectivity index (χ3n) is 2.65. The highest BCUT2D eigenvalue weighted by molar-refractivity contribution is 5.27. The van der Waals surface area contributed by atoms with Crippen LogP contribution in [0.2, 0.25) is 0 Å². The minimum absolute atomic E-state index is 0.220. The summed E-state index contributed by atoms with van der Waals surface area (Å²) in [5.41, 5.74) is -0.870. The Hall–Kier alpha value is -1.96. The average molecular weight is 288 g/mol. The second kappa shape index (κ2) is 6.00. The lowest BCUT2D eigenvalue weighted by atomic mass is 10.1. The maximum Gasteiger partial charge on any atom is 0.419 e. The van der Waals surface area contributed by atoms with E-state index in [-0.39, 0.29) is 6.54 Å². The monoisotopic (exact) mass is 288 g/mol. The Morgan fingerprint density at radius 2 is 2.05 bits per heavy atom. The van der Waals surface area contributed by atoms with Crippen molar-refractivity contribution in [2.24, 2.45) is 0 Å². The van der Waals surface area contributed by atoms with Crippen molar-refractivity contribution < 1.29 is 17.6 Å². The van der Waals surface area contributed by atoms with Crippen LogP contribution in [0, 0.1) is 5.82 Å². The number of halogens is 4. The molecule has 0 saturated heterocycles. The molecule has 0 spiro atoms. The average Bonchev–Trinajstić information content (AvgIpc) is 2.88. The van der Waals surface area contributed by atoms with Crippen LogP contribution in [0.3, 0.4) is 0 Å². The Morgan fingerprint density at radius 3 is 2.70 bits per heavy atom. The molecule has 0 atom stereocenters. The molecule has 0 amide bonds. The number of nitrogens with zero attached hydrogens (tertiary/aromatic N) is 3. The summed E-state index contributed by atoms with van der Waals surface area (Å²) in [6, 6.07) is 2.97. The fraction of sp³-hybridized carbons (Fsp3) is 0.333. The first-order chi connectivity index (χ1) is 9.47. The lowest BCUT2D eigenvalue weighted by Gasteiger charge is -2.10. The smallest absolute Gasteiger partial charge is 0.311 e. The maximum absolute atomic E-state index is 13.1. The molecule has 0 aliphatic heterocycles. The summed E-state index contributed by atoms with van der Waals surface area (Å²) in [6.07, 6.45) is -1.46. The van der Waals surface area contributed by atoms with Gasteiger partial charge in [0.2, 0.25) is 0 Å². The van der Waals surface area contributed by atoms with E-state index >= 15 is 0 Å². The van der Waals surface area contributed by atoms with Crippen molar-refractivity contribution in [1.29, 1.82) is 0 Å². The molecule has 108 valence electrons. The van der Waals surface area contributed by atoms with Crippen molar-refractivity contribution in [3.63, 3.8) is 0 Å². The molecule has 0 saturated carbocycles. The number of nitrogens with one attached hydrogen (secondary N) is 1. The van der Waals surface area contributed by atoms with Gasteiger partial charge in [0.15, 0.2) is 0 Å². The number of aromatic nitrogens is 3. The first kappa shape index (κ1) is 14.4. The second-order valence-electron chi connectivity index (χ2n) is 4.15. The predicted octanol–water partition coefficient (Wildman–Crippen LogP) is 2.23. The highest BCUT2D eigenvalue weighted by Crippen LogP contribution is 2.31. The molecule has 1 N–H and O–H groups in total. The maximum atomic E-state index is 13.1. The molecule has 8 heteroatoms. The molecule has 1 aromatic heterocycles. The Morgan fingerprint density at radius 1 is 1.25 bits per heavy atom. The normalized spacial score (nSPS) is 11.8. The van der Waals surface area contributed by atoms with Gasteiger partial charge in [-0.3, -0.25) is 4.68 Å². The molecule has 20 heavy (non-hydrogen) atoms. The Balaban J connectivity index is 1.90. The summed E-state index contributed by atoms with van der Waals surface area (Å²) in [5, 5.41) is 10.3. The fourth-order valence-electron chi connectivity index (χ4n) is 1.68. The highest BCUT2D eigenvalue weighted by Gasteiger charge is 2.34. The van der Waals surface area contributed by atoms with Crippen LogP contribution < -0.4 is 5.32 Å². The van der Waals surface area contributed by atoms with Crippen molar-refractivity contribution in [2.75, 3.05) is 6.54 Å². The van der Waals surface area contributed by atoms with E-state index in [4.69, 9.17) is 0 Å². The quantitative estimate of drug-likeness (QED) is 0.677. The fourth-order valence-corrected chi connectivity index (χ4v) is 1.68. The Labute approximate surface area is 112 Å². The zero-order valence-corrected chi connectivity index (χ0v) is 10.4. The predicted molar refractivity (Wildman–Crippen MR) is 63.1 cm³/mol. The molecular formula is C12H12F4N4. The number of alkyl halides is 3.